The number of aromatic nitrogens is 21. The van der Waals surface area contributed by atoms with Gasteiger partial charge >= 0.3 is 0 Å². The summed E-state index contributed by atoms with van der Waals surface area (Å²) in [6.45, 7) is 71.2. The number of aryl methyl sites for hydroxylation is 14. The van der Waals surface area contributed by atoms with Gasteiger partial charge in [0.1, 0.15) is 0 Å². The third-order valence-electron chi connectivity index (χ3n) is 25.7. The second kappa shape index (κ2) is 85.6. The third kappa shape index (κ3) is 80.1. The molecule has 0 aliphatic rings. The second-order valence-electron chi connectivity index (χ2n) is 46.8. The van der Waals surface area contributed by atoms with Crippen LogP contribution in [-0.2, 0) is 90.8 Å². The second-order valence-corrected chi connectivity index (χ2v) is 46.8. The van der Waals surface area contributed by atoms with Crippen LogP contribution in [0.2, 0.25) is 0 Å². The molecular formula is C116H225N21. The molecule has 0 saturated carbocycles. The predicted octanol–water partition coefficient (Wildman–Crippen LogP) is 32.9. The molecule has 0 atom stereocenters. The Morgan fingerprint density at radius 2 is 0.336 bits per heavy atom. The quantitative estimate of drug-likeness (QED) is 0.0324. The number of hydrogen-bond donors (Lipinski definition) is 0. The first-order chi connectivity index (χ1) is 65.6. The maximum absolute atomic E-state index is 4.25. The van der Waals surface area contributed by atoms with Gasteiger partial charge in [0.25, 0.3) is 0 Å². The minimum Gasteiger partial charge on any atom is -0.252 e. The van der Waals surface area contributed by atoms with E-state index in [1.807, 2.05) is 38.8 Å². The standard InChI is InChI=1S/4C17H33N3.3C16H31N3/c2*1-15(2)10-6-5-7-12-17-14-18-19-20(17)13-9-8-11-16(3)4;2*1-15(2)10-7-5-6-8-12-17-14-18-19-20(17)13-9-11-16(3)4;1-14(2)9-6-5-7-12-19-13-16(17-18-19)11-8-10-15(3)4;2*1-14(2)9-7-5-6-8-12-19-13-16(17-18-19)11-10-15(3)4/h4*14-16H,5-13H2,1-4H3;3*13-15H,5-12H2,1-4H3. The molecule has 0 N–H and O–H groups in total. The molecule has 7 aromatic rings. The summed E-state index contributed by atoms with van der Waals surface area (Å²) in [7, 11) is 0. The molecule has 0 amide bonds. The van der Waals surface area contributed by atoms with Gasteiger partial charge in [0.05, 0.1) is 64.6 Å². The summed E-state index contributed by atoms with van der Waals surface area (Å²) in [5.41, 5.74) is 8.72. The Hall–Kier alpha value is -6.02. The van der Waals surface area contributed by atoms with Gasteiger partial charge in [0.15, 0.2) is 0 Å². The van der Waals surface area contributed by atoms with E-state index in [4.69, 9.17) is 0 Å². The fraction of sp³-hybridized carbons (Fsp3) is 0.879. The molecule has 0 radical (unpaired) electrons. The highest BCUT2D eigenvalue weighted by Gasteiger charge is 2.13. The Labute approximate surface area is 846 Å². The van der Waals surface area contributed by atoms with Gasteiger partial charge in [-0.15, -0.1) is 35.7 Å². The molecule has 0 aliphatic carbocycles. The topological polar surface area (TPSA) is 215 Å². The fourth-order valence-corrected chi connectivity index (χ4v) is 16.7. The number of hydrogen-bond acceptors (Lipinski definition) is 14. The molecule has 0 saturated heterocycles. The van der Waals surface area contributed by atoms with Crippen LogP contribution in [-0.4, -0.2) is 105 Å². The third-order valence-corrected chi connectivity index (χ3v) is 25.7. The van der Waals surface area contributed by atoms with Gasteiger partial charge in [-0.1, -0.05) is 423 Å². The highest BCUT2D eigenvalue weighted by molar-refractivity contribution is 4.98. The lowest BCUT2D eigenvalue weighted by atomic mass is 10.0. The maximum atomic E-state index is 4.25. The Kier molecular flexibility index (Phi) is 80.5. The molecule has 137 heavy (non-hydrogen) atoms. The summed E-state index contributed by atoms with van der Waals surface area (Å²) in [5.74, 6) is 11.3. The summed E-state index contributed by atoms with van der Waals surface area (Å²) in [5, 5.41) is 58.5. The molecule has 0 spiro atoms. The summed E-state index contributed by atoms with van der Waals surface area (Å²) >= 11 is 0. The van der Waals surface area contributed by atoms with E-state index in [0.717, 1.165) is 191 Å². The molecule has 7 aromatic heterocycles. The average molecular weight is 1910 g/mol. The van der Waals surface area contributed by atoms with E-state index < -0.39 is 0 Å². The first kappa shape index (κ1) is 129. The molecule has 0 aliphatic heterocycles. The van der Waals surface area contributed by atoms with Gasteiger partial charge in [0.2, 0.25) is 0 Å². The first-order valence-corrected chi connectivity index (χ1v) is 57.8. The van der Waals surface area contributed by atoms with Crippen molar-refractivity contribution in [2.45, 2.75) is 580 Å². The zero-order valence-corrected chi connectivity index (χ0v) is 95.4. The highest BCUT2D eigenvalue weighted by atomic mass is 15.5. The molecule has 21 heteroatoms. The van der Waals surface area contributed by atoms with Crippen molar-refractivity contribution in [1.82, 2.24) is 105 Å². The van der Waals surface area contributed by atoms with Crippen molar-refractivity contribution >= 4 is 0 Å². The van der Waals surface area contributed by atoms with Crippen molar-refractivity contribution < 1.29 is 0 Å². The molecule has 0 bridgehead atoms. The van der Waals surface area contributed by atoms with Gasteiger partial charge in [-0.05, 0) is 231 Å². The maximum Gasteiger partial charge on any atom is 0.0827 e. The lowest BCUT2D eigenvalue weighted by Crippen LogP contribution is -2.06. The van der Waals surface area contributed by atoms with Crippen molar-refractivity contribution in [2.24, 2.45) is 82.9 Å². The monoisotopic (exact) mass is 1910 g/mol. The summed E-state index contributed by atoms with van der Waals surface area (Å²) in [6.07, 6.45) is 82.0. The van der Waals surface area contributed by atoms with Crippen LogP contribution in [0.25, 0.3) is 0 Å². The van der Waals surface area contributed by atoms with Crippen LogP contribution < -0.4 is 0 Å². The van der Waals surface area contributed by atoms with E-state index >= 15 is 0 Å². The highest BCUT2D eigenvalue weighted by Crippen LogP contribution is 2.22. The molecule has 7 heterocycles. The number of rotatable bonds is 74. The van der Waals surface area contributed by atoms with Crippen LogP contribution in [0.5, 0.6) is 0 Å². The molecule has 7 rings (SSSR count). The SMILES string of the molecule is CC(C)CCCCCCc1cnnn1CCCC(C)C.CC(C)CCCCCCc1cnnn1CCCC(C)C.CC(C)CCCCCCn1cc(CCC(C)C)nn1.CC(C)CCCCCCn1cc(CCC(C)C)nn1.CC(C)CCCCCc1cnnn1CCCCC(C)C.CC(C)CCCCCc1cnnn1CCCCC(C)C.CC(C)CCCCCn1cc(CCCC(C)C)nn1. The van der Waals surface area contributed by atoms with Gasteiger partial charge in [-0.2, -0.15) is 0 Å². The van der Waals surface area contributed by atoms with Crippen LogP contribution in [0.1, 0.15) is 529 Å². The summed E-state index contributed by atoms with van der Waals surface area (Å²) < 4.78 is 14.5. The minimum absolute atomic E-state index is 0.742. The van der Waals surface area contributed by atoms with Crippen molar-refractivity contribution in [1.29, 1.82) is 0 Å². The average Bonchev–Trinajstić information content (AvgIpc) is 2.00. The van der Waals surface area contributed by atoms with E-state index in [1.54, 1.807) is 0 Å². The molecule has 0 unspecified atom stereocenters. The van der Waals surface area contributed by atoms with Crippen LogP contribution in [0, 0.1) is 82.9 Å². The lowest BCUT2D eigenvalue weighted by Gasteiger charge is -2.08. The van der Waals surface area contributed by atoms with Gasteiger partial charge in [0, 0.05) is 64.4 Å². The molecule has 21 nitrogen and oxygen atoms in total. The van der Waals surface area contributed by atoms with E-state index in [-0.39, 0.29) is 0 Å². The largest absolute Gasteiger partial charge is 0.252 e. The zero-order chi connectivity index (χ0) is 101. The van der Waals surface area contributed by atoms with Crippen molar-refractivity contribution in [2.75, 3.05) is 0 Å². The van der Waals surface area contributed by atoms with E-state index in [9.17, 15) is 0 Å². The van der Waals surface area contributed by atoms with Crippen LogP contribution in [0.15, 0.2) is 43.4 Å². The van der Waals surface area contributed by atoms with Crippen molar-refractivity contribution in [3.63, 3.8) is 0 Å². The van der Waals surface area contributed by atoms with Crippen LogP contribution in [0.4, 0.5) is 0 Å². The normalized spacial score (nSPS) is 11.7. The van der Waals surface area contributed by atoms with Gasteiger partial charge in [-0.3, -0.25) is 14.0 Å². The molecule has 0 fully saturated rings. The van der Waals surface area contributed by atoms with Gasteiger partial charge < -0.3 is 0 Å². The van der Waals surface area contributed by atoms with Crippen molar-refractivity contribution in [3.05, 3.63) is 83.2 Å². The smallest absolute Gasteiger partial charge is 0.0827 e. The first-order valence-electron chi connectivity index (χ1n) is 57.8. The number of unbranched alkanes of at least 4 members (excludes halogenated alkanes) is 20. The molecule has 794 valence electrons. The zero-order valence-electron chi connectivity index (χ0n) is 95.4. The van der Waals surface area contributed by atoms with E-state index in [1.165, 1.54) is 318 Å². The van der Waals surface area contributed by atoms with Crippen LogP contribution in [0.3, 0.4) is 0 Å². The van der Waals surface area contributed by atoms with Crippen LogP contribution >= 0.6 is 0 Å². The lowest BCUT2D eigenvalue weighted by molar-refractivity contribution is 0.468. The van der Waals surface area contributed by atoms with E-state index in [0.29, 0.717) is 0 Å². The van der Waals surface area contributed by atoms with Gasteiger partial charge in [-0.25, -0.2) is 18.7 Å². The Morgan fingerprint density at radius 1 is 0.161 bits per heavy atom. The minimum atomic E-state index is 0.742. The van der Waals surface area contributed by atoms with Crippen molar-refractivity contribution in [3.8, 4) is 0 Å². The Balaban J connectivity index is 0.000000799. The fourth-order valence-electron chi connectivity index (χ4n) is 16.7. The summed E-state index contributed by atoms with van der Waals surface area (Å²) in [6, 6.07) is 0. The number of nitrogens with zero attached hydrogens (tertiary/aromatic N) is 21. The van der Waals surface area contributed by atoms with E-state index in [2.05, 4.69) is 303 Å². The predicted molar refractivity (Wildman–Crippen MR) is 586 cm³/mol. The Bertz CT molecular complexity index is 3470. The molecular weight excluding hydrogens is 1690 g/mol. The molecule has 0 aromatic carbocycles. The Morgan fingerprint density at radius 3 is 0.577 bits per heavy atom. The summed E-state index contributed by atoms with van der Waals surface area (Å²) in [4.78, 5) is 0.